The Balaban J connectivity index is 1.15. The van der Waals surface area contributed by atoms with Crippen molar-refractivity contribution in [3.63, 3.8) is 0 Å². The van der Waals surface area contributed by atoms with E-state index in [1.807, 2.05) is 109 Å². The molecule has 1 spiro atoms. The standard InChI is InChI=1S/C81H63BN2O/c1-79(2,3)58-32-24-31-55(45-58)57-47-68-77-74(48-57)84(78-63(53-27-12-8-13-28-53)49-59(80(4,5)6)50-64(78)54-29-14-9-15-30-54)73-51-60(83-71-37-20-16-33-61(71)62-34-17-21-38-72(62)83)42-44-70(73)82(77)69-43-41-56(52-25-10-7-11-26-52)46-67(69)81(68)65-35-18-22-39-75(65)85-76-40-23-19-36-66(76)81/h7-51H,1-6H3/i7D,10D,11D,16D,17D,20D,21D,25D,26D,33D,34D,37D,38D. The molecule has 0 saturated carbocycles. The molecule has 4 heterocycles. The minimum atomic E-state index is -1.28. The normalized spacial score (nSPS) is 15.8. The number of fused-ring (bicyclic) bond motifs is 13. The molecule has 3 aliphatic heterocycles. The Kier molecular flexibility index (Phi) is 8.70. The molecule has 406 valence electrons. The second-order valence-corrected chi connectivity index (χ2v) is 24.6. The molecule has 0 fully saturated rings. The van der Waals surface area contributed by atoms with Gasteiger partial charge in [-0.3, -0.25) is 0 Å². The third-order valence-corrected chi connectivity index (χ3v) is 17.7. The zero-order chi connectivity index (χ0) is 68.7. The quantitative estimate of drug-likeness (QED) is 0.154. The van der Waals surface area contributed by atoms with Crippen LogP contribution in [-0.4, -0.2) is 11.3 Å². The minimum absolute atomic E-state index is 0.0181. The molecular formula is C81H63BN2O. The molecule has 4 heteroatoms. The van der Waals surface area contributed by atoms with Crippen molar-refractivity contribution in [1.29, 1.82) is 0 Å². The highest BCUT2D eigenvalue weighted by Crippen LogP contribution is 2.59. The van der Waals surface area contributed by atoms with Crippen molar-refractivity contribution in [1.82, 2.24) is 4.57 Å². The summed E-state index contributed by atoms with van der Waals surface area (Å²) in [5.74, 6) is 1.21. The van der Waals surface area contributed by atoms with Crippen LogP contribution in [0.2, 0.25) is 0 Å². The van der Waals surface area contributed by atoms with Gasteiger partial charge in [-0.15, -0.1) is 0 Å². The molecule has 0 aliphatic carbocycles. The van der Waals surface area contributed by atoms with Crippen LogP contribution in [0.3, 0.4) is 0 Å². The van der Waals surface area contributed by atoms with Gasteiger partial charge in [0.25, 0.3) is 0 Å². The predicted octanol–water partition coefficient (Wildman–Crippen LogP) is 19.1. The van der Waals surface area contributed by atoms with Crippen LogP contribution in [0.1, 0.15) is 92.7 Å². The van der Waals surface area contributed by atoms with E-state index in [1.54, 1.807) is 4.57 Å². The monoisotopic (exact) mass is 1100 g/mol. The second kappa shape index (κ2) is 19.1. The van der Waals surface area contributed by atoms with Crippen LogP contribution in [0, 0.1) is 0 Å². The third kappa shape index (κ3) is 7.81. The maximum Gasteiger partial charge on any atom is 0.247 e. The van der Waals surface area contributed by atoms with Crippen LogP contribution < -0.4 is 26.0 Å². The molecule has 1 aromatic heterocycles. The first-order chi connectivity index (χ1) is 46.8. The summed E-state index contributed by atoms with van der Waals surface area (Å²) >= 11 is 0. The van der Waals surface area contributed by atoms with Gasteiger partial charge in [0.05, 0.1) is 40.0 Å². The number of rotatable bonds is 6. The molecule has 0 N–H and O–H groups in total. The van der Waals surface area contributed by atoms with E-state index in [0.29, 0.717) is 28.4 Å². The number of anilines is 3. The van der Waals surface area contributed by atoms with Gasteiger partial charge >= 0.3 is 0 Å². The first-order valence-electron chi connectivity index (χ1n) is 35.4. The van der Waals surface area contributed by atoms with Gasteiger partial charge in [-0.1, -0.05) is 259 Å². The summed E-state index contributed by atoms with van der Waals surface area (Å²) in [7, 11) is 0. The highest BCUT2D eigenvalue weighted by atomic mass is 16.5. The molecule has 0 saturated heterocycles. The topological polar surface area (TPSA) is 17.4 Å². The summed E-state index contributed by atoms with van der Waals surface area (Å²) < 4.78 is 129. The van der Waals surface area contributed by atoms with Crippen molar-refractivity contribution < 1.29 is 22.6 Å². The Labute approximate surface area is 517 Å². The molecular weight excluding hydrogens is 1030 g/mol. The van der Waals surface area contributed by atoms with Gasteiger partial charge in [-0.25, -0.2) is 0 Å². The van der Waals surface area contributed by atoms with Gasteiger partial charge < -0.3 is 14.2 Å². The molecule has 16 rings (SSSR count). The van der Waals surface area contributed by atoms with Crippen molar-refractivity contribution >= 4 is 62.0 Å². The summed E-state index contributed by atoms with van der Waals surface area (Å²) in [5.41, 5.74) is 14.6. The van der Waals surface area contributed by atoms with Crippen molar-refractivity contribution in [2.75, 3.05) is 4.90 Å². The van der Waals surface area contributed by atoms with E-state index >= 15 is 0 Å². The van der Waals surface area contributed by atoms with Crippen LogP contribution in [0.15, 0.2) is 273 Å². The van der Waals surface area contributed by atoms with E-state index in [9.17, 15) is 11.0 Å². The molecule has 0 atom stereocenters. The minimum Gasteiger partial charge on any atom is -0.457 e. The molecule has 3 aliphatic rings. The fraction of sp³-hybridized carbons (Fsp3) is 0.111. The van der Waals surface area contributed by atoms with E-state index in [2.05, 4.69) is 131 Å². The lowest BCUT2D eigenvalue weighted by Gasteiger charge is -2.51. The first-order valence-corrected chi connectivity index (χ1v) is 28.9. The highest BCUT2D eigenvalue weighted by Gasteiger charge is 2.55. The van der Waals surface area contributed by atoms with Gasteiger partial charge in [0.2, 0.25) is 6.71 Å². The predicted molar refractivity (Wildman–Crippen MR) is 358 cm³/mol. The number of para-hydroxylation sites is 4. The molecule has 0 radical (unpaired) electrons. The summed E-state index contributed by atoms with van der Waals surface area (Å²) in [6.45, 7) is 12.6. The molecule has 3 nitrogen and oxygen atoms in total. The van der Waals surface area contributed by atoms with Crippen molar-refractivity contribution in [2.24, 2.45) is 0 Å². The summed E-state index contributed by atoms with van der Waals surface area (Å²) in [5, 5.41) is -0.0859. The number of hydrogen-bond donors (Lipinski definition) is 0. The Morgan fingerprint density at radius 3 is 1.56 bits per heavy atom. The van der Waals surface area contributed by atoms with Crippen LogP contribution in [0.25, 0.3) is 72.0 Å². The Morgan fingerprint density at radius 2 is 0.941 bits per heavy atom. The Hall–Kier alpha value is -9.90. The van der Waals surface area contributed by atoms with Crippen LogP contribution in [-0.2, 0) is 16.2 Å². The molecule has 0 unspecified atom stereocenters. The van der Waals surface area contributed by atoms with Crippen LogP contribution in [0.4, 0.5) is 17.1 Å². The lowest BCUT2D eigenvalue weighted by molar-refractivity contribution is 0.435. The number of nitrogens with zero attached hydrogens (tertiary/aromatic N) is 2. The van der Waals surface area contributed by atoms with Crippen LogP contribution in [0.5, 0.6) is 11.5 Å². The Morgan fingerprint density at radius 1 is 0.400 bits per heavy atom. The zero-order valence-corrected chi connectivity index (χ0v) is 47.9. The molecule has 85 heavy (non-hydrogen) atoms. The average Bonchev–Trinajstić information content (AvgIpc) is 0.775. The molecule has 13 aromatic rings. The summed E-state index contributed by atoms with van der Waals surface area (Å²) in [4.78, 5) is 2.36. The van der Waals surface area contributed by atoms with Crippen molar-refractivity contribution in [2.45, 2.75) is 57.8 Å². The number of aromatic nitrogens is 1. The zero-order valence-electron chi connectivity index (χ0n) is 60.9. The molecule has 0 amide bonds. The largest absolute Gasteiger partial charge is 0.457 e. The second-order valence-electron chi connectivity index (χ2n) is 24.6. The van der Waals surface area contributed by atoms with E-state index in [-0.39, 0.29) is 50.3 Å². The van der Waals surface area contributed by atoms with E-state index < -0.39 is 78.6 Å². The van der Waals surface area contributed by atoms with Crippen molar-refractivity contribution in [3.05, 3.63) is 306 Å². The maximum atomic E-state index is 9.74. The number of ether oxygens (including phenoxy) is 1. The smallest absolute Gasteiger partial charge is 0.247 e. The number of hydrogen-bond acceptors (Lipinski definition) is 2. The summed E-state index contributed by atoms with van der Waals surface area (Å²) in [6, 6.07) is 60.5. The fourth-order valence-electron chi connectivity index (χ4n) is 13.8. The van der Waals surface area contributed by atoms with Crippen LogP contribution >= 0.6 is 0 Å². The van der Waals surface area contributed by atoms with E-state index in [4.69, 9.17) is 11.6 Å². The third-order valence-electron chi connectivity index (χ3n) is 17.7. The maximum absolute atomic E-state index is 9.74. The van der Waals surface area contributed by atoms with Gasteiger partial charge in [-0.2, -0.15) is 0 Å². The highest BCUT2D eigenvalue weighted by molar-refractivity contribution is 6.99. The van der Waals surface area contributed by atoms with Gasteiger partial charge in [0, 0.05) is 50.1 Å². The van der Waals surface area contributed by atoms with Crippen molar-refractivity contribution in [3.8, 4) is 61.7 Å². The van der Waals surface area contributed by atoms with Gasteiger partial charge in [-0.05, 0) is 138 Å². The fourth-order valence-corrected chi connectivity index (χ4v) is 13.8. The average molecular weight is 1100 g/mol. The lowest BCUT2D eigenvalue weighted by atomic mass is 9.29. The lowest BCUT2D eigenvalue weighted by Crippen LogP contribution is -2.65. The summed E-state index contributed by atoms with van der Waals surface area (Å²) in [6.07, 6.45) is 0. The molecule has 12 aromatic carbocycles. The molecule has 0 bridgehead atoms. The first kappa shape index (κ1) is 38.8. The number of benzene rings is 12. The SMILES string of the molecule is [2H]c1c([2H])c([2H])c(-c2ccc3c(c2)C2(c4ccccc4Oc4ccccc42)c2cc(-c4cccc(C(C)(C)C)c4)cc4c2B3c2ccc(-n3c5c([2H])c([2H])c([2H])c([2H])c5c5c([2H])c([2H])c([2H])c([2H])c53)cc2N4c2c(-c3ccccc3)cc(C(C)(C)C)cc2-c2ccccc2)c([2H])c1[2H]. The van der Waals surface area contributed by atoms with E-state index in [0.717, 1.165) is 94.5 Å². The van der Waals surface area contributed by atoms with Gasteiger partial charge in [0.15, 0.2) is 0 Å². The van der Waals surface area contributed by atoms with Gasteiger partial charge in [0.1, 0.15) is 11.5 Å². The van der Waals surface area contributed by atoms with E-state index in [1.165, 1.54) is 0 Å². The Bertz CT molecular complexity index is 5430.